The van der Waals surface area contributed by atoms with Crippen molar-refractivity contribution in [2.75, 3.05) is 31.5 Å². The van der Waals surface area contributed by atoms with Crippen LogP contribution in [0.4, 0.5) is 14.9 Å². The highest BCUT2D eigenvalue weighted by atomic mass is 19.1. The van der Waals surface area contributed by atoms with Gasteiger partial charge in [-0.1, -0.05) is 6.42 Å². The van der Waals surface area contributed by atoms with Crippen LogP contribution in [0.15, 0.2) is 24.3 Å². The molecule has 1 aromatic rings. The summed E-state index contributed by atoms with van der Waals surface area (Å²) in [6.07, 6.45) is 4.80. The van der Waals surface area contributed by atoms with Crippen LogP contribution in [-0.2, 0) is 4.79 Å². The summed E-state index contributed by atoms with van der Waals surface area (Å²) in [6, 6.07) is 5.53. The van der Waals surface area contributed by atoms with E-state index in [4.69, 9.17) is 0 Å². The van der Waals surface area contributed by atoms with Gasteiger partial charge in [-0.25, -0.2) is 9.18 Å². The van der Waals surface area contributed by atoms with Gasteiger partial charge in [0.1, 0.15) is 5.82 Å². The molecule has 3 atom stereocenters. The number of halogens is 1. The van der Waals surface area contributed by atoms with Crippen molar-refractivity contribution in [3.05, 3.63) is 30.1 Å². The zero-order valence-corrected chi connectivity index (χ0v) is 14.3. The smallest absolute Gasteiger partial charge is 0.321 e. The van der Waals surface area contributed by atoms with Crippen LogP contribution in [-0.4, -0.2) is 47.9 Å². The van der Waals surface area contributed by atoms with E-state index in [9.17, 15) is 14.0 Å². The summed E-state index contributed by atoms with van der Waals surface area (Å²) >= 11 is 0. The third kappa shape index (κ3) is 3.34. The molecule has 1 aromatic carbocycles. The van der Waals surface area contributed by atoms with Crippen LogP contribution in [0.2, 0.25) is 0 Å². The lowest BCUT2D eigenvalue weighted by atomic mass is 9.87. The minimum Gasteiger partial charge on any atom is -0.339 e. The van der Waals surface area contributed by atoms with E-state index >= 15 is 0 Å². The fourth-order valence-corrected chi connectivity index (χ4v) is 4.65. The van der Waals surface area contributed by atoms with E-state index in [2.05, 4.69) is 5.32 Å². The van der Waals surface area contributed by atoms with Gasteiger partial charge >= 0.3 is 6.03 Å². The number of nitrogens with one attached hydrogen (secondary N) is 1. The Kier molecular flexibility index (Phi) is 4.36. The molecular formula is C19H24FN3O2. The number of piperazine rings is 1. The van der Waals surface area contributed by atoms with Gasteiger partial charge in [-0.05, 0) is 55.4 Å². The normalized spacial score (nSPS) is 28.3. The Labute approximate surface area is 147 Å². The molecule has 3 amide bonds. The van der Waals surface area contributed by atoms with Crippen LogP contribution in [0.1, 0.15) is 25.7 Å². The lowest BCUT2D eigenvalue weighted by Gasteiger charge is -2.37. The van der Waals surface area contributed by atoms with E-state index in [0.717, 1.165) is 12.3 Å². The van der Waals surface area contributed by atoms with Gasteiger partial charge < -0.3 is 15.1 Å². The summed E-state index contributed by atoms with van der Waals surface area (Å²) in [6.45, 7) is 2.28. The maximum Gasteiger partial charge on any atom is 0.321 e. The first-order valence-electron chi connectivity index (χ1n) is 9.20. The van der Waals surface area contributed by atoms with Gasteiger partial charge in [-0.3, -0.25) is 4.79 Å². The van der Waals surface area contributed by atoms with Crippen molar-refractivity contribution in [2.24, 2.45) is 17.8 Å². The highest BCUT2D eigenvalue weighted by molar-refractivity contribution is 5.89. The second-order valence-electron chi connectivity index (χ2n) is 7.53. The van der Waals surface area contributed by atoms with Gasteiger partial charge in [0.2, 0.25) is 5.91 Å². The molecule has 1 heterocycles. The van der Waals surface area contributed by atoms with Crippen molar-refractivity contribution >= 4 is 17.6 Å². The molecule has 1 saturated heterocycles. The molecule has 2 aliphatic carbocycles. The molecule has 3 unspecified atom stereocenters. The maximum absolute atomic E-state index is 12.9. The first kappa shape index (κ1) is 16.4. The Balaban J connectivity index is 1.28. The Bertz CT molecular complexity index is 655. The Morgan fingerprint density at radius 2 is 1.64 bits per heavy atom. The van der Waals surface area contributed by atoms with Gasteiger partial charge in [0, 0.05) is 37.8 Å². The summed E-state index contributed by atoms with van der Waals surface area (Å²) in [5, 5.41) is 2.78. The predicted octanol–water partition coefficient (Wildman–Crippen LogP) is 2.94. The molecule has 25 heavy (non-hydrogen) atoms. The van der Waals surface area contributed by atoms with Crippen LogP contribution in [0, 0.1) is 23.6 Å². The average molecular weight is 345 g/mol. The second-order valence-corrected chi connectivity index (χ2v) is 7.53. The van der Waals surface area contributed by atoms with E-state index in [-0.39, 0.29) is 17.8 Å². The van der Waals surface area contributed by atoms with Crippen LogP contribution in [0.3, 0.4) is 0 Å². The molecule has 2 saturated carbocycles. The molecule has 1 aliphatic heterocycles. The average Bonchev–Trinajstić information content (AvgIpc) is 3.26. The van der Waals surface area contributed by atoms with Crippen LogP contribution in [0.5, 0.6) is 0 Å². The molecule has 4 rings (SSSR count). The number of carbonyl (C=O) groups is 2. The van der Waals surface area contributed by atoms with E-state index in [1.54, 1.807) is 17.0 Å². The second kappa shape index (κ2) is 6.65. The van der Waals surface area contributed by atoms with Crippen molar-refractivity contribution in [3.63, 3.8) is 0 Å². The molecule has 134 valence electrons. The number of hydrogen-bond acceptors (Lipinski definition) is 2. The third-order valence-electron chi connectivity index (χ3n) is 6.03. The molecule has 6 heteroatoms. The molecule has 0 radical (unpaired) electrons. The summed E-state index contributed by atoms with van der Waals surface area (Å²) in [5.74, 6) is 1.55. The predicted molar refractivity (Wildman–Crippen MR) is 92.5 cm³/mol. The van der Waals surface area contributed by atoms with Gasteiger partial charge in [0.25, 0.3) is 0 Å². The number of fused-ring (bicyclic) bond motifs is 2. The molecule has 1 N–H and O–H groups in total. The molecule has 0 spiro atoms. The number of hydrogen-bond donors (Lipinski definition) is 1. The fraction of sp³-hybridized carbons (Fsp3) is 0.579. The molecule has 3 fully saturated rings. The zero-order valence-electron chi connectivity index (χ0n) is 14.3. The van der Waals surface area contributed by atoms with Crippen molar-refractivity contribution in [2.45, 2.75) is 25.7 Å². The Hall–Kier alpha value is -2.11. The minimum absolute atomic E-state index is 0.196. The fourth-order valence-electron chi connectivity index (χ4n) is 4.65. The topological polar surface area (TPSA) is 52.7 Å². The molecule has 2 bridgehead atoms. The third-order valence-corrected chi connectivity index (χ3v) is 6.03. The monoisotopic (exact) mass is 345 g/mol. The van der Waals surface area contributed by atoms with E-state index in [0.29, 0.717) is 43.7 Å². The highest BCUT2D eigenvalue weighted by Crippen LogP contribution is 2.48. The van der Waals surface area contributed by atoms with E-state index in [1.165, 1.54) is 31.4 Å². The van der Waals surface area contributed by atoms with Gasteiger partial charge in [-0.15, -0.1) is 0 Å². The van der Waals surface area contributed by atoms with Gasteiger partial charge in [0.05, 0.1) is 0 Å². The van der Waals surface area contributed by atoms with Crippen LogP contribution < -0.4 is 5.32 Å². The maximum atomic E-state index is 12.9. The SMILES string of the molecule is O=C(Nc1ccc(F)cc1)N1CCN(C(=O)C2CC3CCC2C3)CC1. The quantitative estimate of drug-likeness (QED) is 0.896. The van der Waals surface area contributed by atoms with E-state index < -0.39 is 0 Å². The number of carbonyl (C=O) groups excluding carboxylic acids is 2. The largest absolute Gasteiger partial charge is 0.339 e. The first-order valence-corrected chi connectivity index (χ1v) is 9.20. The summed E-state index contributed by atoms with van der Waals surface area (Å²) in [7, 11) is 0. The molecule has 5 nitrogen and oxygen atoms in total. The number of benzene rings is 1. The van der Waals surface area contributed by atoms with Crippen molar-refractivity contribution in [3.8, 4) is 0 Å². The molecule has 0 aromatic heterocycles. The lowest BCUT2D eigenvalue weighted by molar-refractivity contribution is -0.138. The van der Waals surface area contributed by atoms with Crippen molar-refractivity contribution < 1.29 is 14.0 Å². The zero-order chi connectivity index (χ0) is 17.4. The van der Waals surface area contributed by atoms with Crippen LogP contribution >= 0.6 is 0 Å². The van der Waals surface area contributed by atoms with Gasteiger partial charge in [0.15, 0.2) is 0 Å². The molecule has 3 aliphatic rings. The number of anilines is 1. The Morgan fingerprint density at radius 1 is 0.960 bits per heavy atom. The van der Waals surface area contributed by atoms with Crippen LogP contribution in [0.25, 0.3) is 0 Å². The summed E-state index contributed by atoms with van der Waals surface area (Å²) < 4.78 is 12.9. The standard InChI is InChI=1S/C19H24FN3O2/c20-15-3-5-16(6-4-15)21-19(25)23-9-7-22(8-10-23)18(24)17-12-13-1-2-14(17)11-13/h3-6,13-14,17H,1-2,7-12H2,(H,21,25). The number of rotatable bonds is 2. The lowest BCUT2D eigenvalue weighted by Crippen LogP contribution is -2.53. The van der Waals surface area contributed by atoms with Crippen molar-refractivity contribution in [1.29, 1.82) is 0 Å². The highest BCUT2D eigenvalue weighted by Gasteiger charge is 2.44. The minimum atomic E-state index is -0.328. The molecular weight excluding hydrogens is 321 g/mol. The van der Waals surface area contributed by atoms with Crippen molar-refractivity contribution in [1.82, 2.24) is 9.80 Å². The summed E-state index contributed by atoms with van der Waals surface area (Å²) in [4.78, 5) is 28.7. The summed E-state index contributed by atoms with van der Waals surface area (Å²) in [5.41, 5.74) is 0.576. The number of nitrogens with zero attached hydrogens (tertiary/aromatic N) is 2. The van der Waals surface area contributed by atoms with E-state index in [1.807, 2.05) is 4.90 Å². The van der Waals surface area contributed by atoms with Gasteiger partial charge in [-0.2, -0.15) is 0 Å². The first-order chi connectivity index (χ1) is 12.1. The number of amides is 3. The number of urea groups is 1. The Morgan fingerprint density at radius 3 is 2.24 bits per heavy atom.